The molecule has 40 heavy (non-hydrogen) atoms. The lowest BCUT2D eigenvalue weighted by atomic mass is 10.1. The molecule has 0 unspecified atom stereocenters. The second-order valence-corrected chi connectivity index (χ2v) is 9.50. The van der Waals surface area contributed by atoms with E-state index in [1.807, 2.05) is 0 Å². The lowest BCUT2D eigenvalue weighted by molar-refractivity contribution is -0.122. The number of para-hydroxylation sites is 1. The van der Waals surface area contributed by atoms with Gasteiger partial charge in [0.05, 0.1) is 34.6 Å². The van der Waals surface area contributed by atoms with E-state index in [0.717, 1.165) is 4.90 Å². The number of ether oxygens (including phenoxy) is 3. The molecule has 1 fully saturated rings. The molecule has 12 heteroatoms. The van der Waals surface area contributed by atoms with Crippen molar-refractivity contribution in [3.8, 4) is 17.2 Å². The van der Waals surface area contributed by atoms with Crippen LogP contribution in [0.25, 0.3) is 6.08 Å². The summed E-state index contributed by atoms with van der Waals surface area (Å²) < 4.78 is 17.0. The van der Waals surface area contributed by atoms with Crippen molar-refractivity contribution < 1.29 is 33.4 Å². The first-order valence-electron chi connectivity index (χ1n) is 11.9. The molecule has 0 radical (unpaired) electrons. The maximum atomic E-state index is 13.2. The molecule has 4 rings (SSSR count). The Morgan fingerprint density at radius 2 is 1.80 bits per heavy atom. The highest BCUT2D eigenvalue weighted by Gasteiger charge is 2.37. The highest BCUT2D eigenvalue weighted by molar-refractivity contribution is 9.10. The Labute approximate surface area is 243 Å². The number of barbiturate groups is 1. The smallest absolute Gasteiger partial charge is 0.335 e. The summed E-state index contributed by atoms with van der Waals surface area (Å²) in [5.41, 5.74) is 0.849. The largest absolute Gasteiger partial charge is 0.497 e. The lowest BCUT2D eigenvalue weighted by Crippen LogP contribution is -2.54. The maximum Gasteiger partial charge on any atom is 0.335 e. The fourth-order valence-electron chi connectivity index (χ4n) is 3.75. The molecule has 5 amide bonds. The van der Waals surface area contributed by atoms with Crippen molar-refractivity contribution >= 4 is 68.7 Å². The Morgan fingerprint density at radius 3 is 2.48 bits per heavy atom. The molecule has 10 nitrogen and oxygen atoms in total. The molecule has 1 heterocycles. The van der Waals surface area contributed by atoms with Crippen LogP contribution in [-0.2, 0) is 14.4 Å². The van der Waals surface area contributed by atoms with Gasteiger partial charge < -0.3 is 19.5 Å². The average Bonchev–Trinajstić information content (AvgIpc) is 2.92. The number of carbonyl (C=O) groups excluding carboxylic acids is 4. The average molecular weight is 629 g/mol. The zero-order valence-electron chi connectivity index (χ0n) is 21.3. The molecule has 3 aromatic rings. The van der Waals surface area contributed by atoms with E-state index < -0.39 is 23.8 Å². The van der Waals surface area contributed by atoms with Crippen LogP contribution in [0, 0.1) is 0 Å². The van der Waals surface area contributed by atoms with E-state index in [-0.39, 0.29) is 36.0 Å². The van der Waals surface area contributed by atoms with Crippen molar-refractivity contribution in [2.45, 2.75) is 6.92 Å². The van der Waals surface area contributed by atoms with Gasteiger partial charge in [0.25, 0.3) is 17.7 Å². The molecule has 206 valence electrons. The fourth-order valence-corrected chi connectivity index (χ4v) is 4.51. The van der Waals surface area contributed by atoms with E-state index >= 15 is 0 Å². The van der Waals surface area contributed by atoms with E-state index in [2.05, 4.69) is 26.6 Å². The van der Waals surface area contributed by atoms with Gasteiger partial charge in [-0.1, -0.05) is 23.7 Å². The van der Waals surface area contributed by atoms with Gasteiger partial charge in [-0.3, -0.25) is 19.7 Å². The normalized spacial score (nSPS) is 14.2. The van der Waals surface area contributed by atoms with Gasteiger partial charge >= 0.3 is 6.03 Å². The number of imide groups is 2. The third-order valence-electron chi connectivity index (χ3n) is 5.57. The number of nitrogens with zero attached hydrogens (tertiary/aromatic N) is 1. The lowest BCUT2D eigenvalue weighted by Gasteiger charge is -2.26. The van der Waals surface area contributed by atoms with Crippen molar-refractivity contribution in [1.29, 1.82) is 0 Å². The summed E-state index contributed by atoms with van der Waals surface area (Å²) >= 11 is 9.51. The van der Waals surface area contributed by atoms with Crippen LogP contribution in [0.15, 0.2) is 70.7 Å². The first-order valence-corrected chi connectivity index (χ1v) is 13.1. The summed E-state index contributed by atoms with van der Waals surface area (Å²) in [7, 11) is 1.49. The highest BCUT2D eigenvalue weighted by Crippen LogP contribution is 2.38. The topological polar surface area (TPSA) is 123 Å². The third-order valence-corrected chi connectivity index (χ3v) is 6.49. The van der Waals surface area contributed by atoms with Gasteiger partial charge in [-0.15, -0.1) is 0 Å². The van der Waals surface area contributed by atoms with E-state index in [1.165, 1.54) is 25.3 Å². The van der Waals surface area contributed by atoms with E-state index in [0.29, 0.717) is 26.5 Å². The molecule has 0 aliphatic carbocycles. The number of amides is 5. The number of nitrogens with one attached hydrogen (secondary N) is 2. The van der Waals surface area contributed by atoms with Crippen molar-refractivity contribution in [2.75, 3.05) is 30.5 Å². The van der Waals surface area contributed by atoms with Crippen LogP contribution in [0.2, 0.25) is 5.02 Å². The molecule has 0 spiro atoms. The van der Waals surface area contributed by atoms with Gasteiger partial charge in [0.1, 0.15) is 11.3 Å². The molecule has 0 saturated carbocycles. The van der Waals surface area contributed by atoms with Crippen molar-refractivity contribution in [2.24, 2.45) is 0 Å². The van der Waals surface area contributed by atoms with Crippen molar-refractivity contribution in [3.05, 3.63) is 81.3 Å². The van der Waals surface area contributed by atoms with Crippen LogP contribution in [-0.4, -0.2) is 44.1 Å². The van der Waals surface area contributed by atoms with Gasteiger partial charge in [-0.05, 0) is 83.0 Å². The molecule has 2 N–H and O–H groups in total. The zero-order chi connectivity index (χ0) is 28.8. The number of carbonyl (C=O) groups is 4. The maximum absolute atomic E-state index is 13.2. The number of hydrogen-bond donors (Lipinski definition) is 2. The van der Waals surface area contributed by atoms with E-state index in [1.54, 1.807) is 55.5 Å². The molecule has 0 aromatic heterocycles. The van der Waals surface area contributed by atoms with Crippen molar-refractivity contribution in [3.63, 3.8) is 0 Å². The summed E-state index contributed by atoms with van der Waals surface area (Å²) in [6.45, 7) is 1.70. The second kappa shape index (κ2) is 12.7. The molecule has 3 aromatic carbocycles. The van der Waals surface area contributed by atoms with Gasteiger partial charge in [0, 0.05) is 0 Å². The number of rotatable bonds is 9. The van der Waals surface area contributed by atoms with Gasteiger partial charge in [-0.25, -0.2) is 9.69 Å². The molecule has 0 bridgehead atoms. The molecule has 0 atom stereocenters. The predicted molar refractivity (Wildman–Crippen MR) is 153 cm³/mol. The van der Waals surface area contributed by atoms with Crippen LogP contribution >= 0.6 is 27.5 Å². The number of methoxy groups -OCH3 is 1. The number of hydrogen-bond acceptors (Lipinski definition) is 7. The van der Waals surface area contributed by atoms with Crippen LogP contribution in [0.4, 0.5) is 16.2 Å². The van der Waals surface area contributed by atoms with E-state index in [9.17, 15) is 19.2 Å². The Balaban J connectivity index is 1.58. The number of anilines is 2. The fraction of sp³-hybridized carbons (Fsp3) is 0.143. The summed E-state index contributed by atoms with van der Waals surface area (Å²) in [4.78, 5) is 51.7. The van der Waals surface area contributed by atoms with Gasteiger partial charge in [0.15, 0.2) is 18.1 Å². The highest BCUT2D eigenvalue weighted by atomic mass is 79.9. The second-order valence-electron chi connectivity index (χ2n) is 8.24. The monoisotopic (exact) mass is 627 g/mol. The molecule has 1 saturated heterocycles. The van der Waals surface area contributed by atoms with Crippen molar-refractivity contribution in [1.82, 2.24) is 5.32 Å². The minimum Gasteiger partial charge on any atom is -0.497 e. The Bertz CT molecular complexity index is 1510. The Kier molecular flexibility index (Phi) is 9.08. The van der Waals surface area contributed by atoms with Gasteiger partial charge in [-0.2, -0.15) is 0 Å². The SMILES string of the molecule is CCOc1cc(/C=C2\C(=O)NC(=O)N(c3ccc(OC)cc3)C2=O)cc(Br)c1OCC(=O)Nc1ccccc1Cl. The quantitative estimate of drug-likeness (QED) is 0.247. The van der Waals surface area contributed by atoms with Crippen LogP contribution < -0.4 is 29.7 Å². The first kappa shape index (κ1) is 28.7. The summed E-state index contributed by atoms with van der Waals surface area (Å²) in [6, 6.07) is 15.3. The minimum absolute atomic E-state index is 0.243. The van der Waals surface area contributed by atoms with Crippen LogP contribution in [0.1, 0.15) is 12.5 Å². The summed E-state index contributed by atoms with van der Waals surface area (Å²) in [6.07, 6.45) is 1.34. The summed E-state index contributed by atoms with van der Waals surface area (Å²) in [5, 5.41) is 5.24. The number of benzene rings is 3. The third kappa shape index (κ3) is 6.44. The molecule has 1 aliphatic rings. The molecule has 1 aliphatic heterocycles. The number of urea groups is 1. The molecular formula is C28H23BrClN3O7. The first-order chi connectivity index (χ1) is 19.2. The van der Waals surface area contributed by atoms with Gasteiger partial charge in [0.2, 0.25) is 0 Å². The summed E-state index contributed by atoms with van der Waals surface area (Å²) in [5.74, 6) is -1.04. The standard InChI is InChI=1S/C28H23BrClN3O7/c1-3-39-23-14-16(13-20(29)25(23)40-15-24(34)31-22-7-5-4-6-21(22)30)12-19-26(35)32-28(37)33(27(19)36)17-8-10-18(38-2)11-9-17/h4-14H,3,15H2,1-2H3,(H,31,34)(H,32,35,37)/b19-12+. The Hall–Kier alpha value is -4.35. The Morgan fingerprint density at radius 1 is 1.07 bits per heavy atom. The van der Waals surface area contributed by atoms with E-state index in [4.69, 9.17) is 25.8 Å². The molecular weight excluding hydrogens is 606 g/mol. The number of halogens is 2. The minimum atomic E-state index is -0.868. The zero-order valence-corrected chi connectivity index (χ0v) is 23.7. The predicted octanol–water partition coefficient (Wildman–Crippen LogP) is 5.19. The van der Waals surface area contributed by atoms with Crippen LogP contribution in [0.3, 0.4) is 0 Å². The van der Waals surface area contributed by atoms with Crippen LogP contribution in [0.5, 0.6) is 17.2 Å².